The summed E-state index contributed by atoms with van der Waals surface area (Å²) in [6.07, 6.45) is 5.05. The Balaban J connectivity index is 1.99. The molecule has 0 atom stereocenters. The smallest absolute Gasteiger partial charge is 0.249 e. The Morgan fingerprint density at radius 1 is 1.14 bits per heavy atom. The largest absolute Gasteiger partial charge is 0.307 e. The number of nitrogens with one attached hydrogen (secondary N) is 1. The van der Waals surface area contributed by atoms with Crippen LogP contribution in [0.5, 0.6) is 0 Å². The van der Waals surface area contributed by atoms with Gasteiger partial charge in [-0.15, -0.1) is 0 Å². The molecule has 0 aliphatic rings. The summed E-state index contributed by atoms with van der Waals surface area (Å²) in [5.41, 5.74) is 3.47. The Labute approximate surface area is 132 Å². The number of nitrogens with zero attached hydrogens (tertiary/aromatic N) is 1. The fraction of sp³-hybridized carbons (Fsp3) is 0.222. The van der Waals surface area contributed by atoms with Crippen LogP contribution in [0, 0.1) is 0 Å². The van der Waals surface area contributed by atoms with E-state index in [4.69, 9.17) is 0 Å². The standard InChI is InChI=1S/C18H21BN2O/c1-18(2,3)14-7-4-13(5-8-14)6-11-17(22)21-16-10-9-15(19)12-20-16/h4-12H,19H2,1-3H3,(H,20,21,22)/b11-6+. The first-order valence-corrected chi connectivity index (χ1v) is 7.37. The second kappa shape index (κ2) is 6.61. The summed E-state index contributed by atoms with van der Waals surface area (Å²) in [5.74, 6) is 0.375. The Morgan fingerprint density at radius 2 is 1.82 bits per heavy atom. The normalized spacial score (nSPS) is 11.6. The van der Waals surface area contributed by atoms with E-state index in [1.807, 2.05) is 26.0 Å². The molecule has 0 fully saturated rings. The zero-order valence-corrected chi connectivity index (χ0v) is 13.6. The number of carbonyl (C=O) groups excluding carboxylic acids is 1. The fourth-order valence-electron chi connectivity index (χ4n) is 1.98. The van der Waals surface area contributed by atoms with E-state index < -0.39 is 0 Å². The van der Waals surface area contributed by atoms with Crippen molar-refractivity contribution in [2.75, 3.05) is 5.32 Å². The van der Waals surface area contributed by atoms with Gasteiger partial charge in [-0.05, 0) is 28.7 Å². The molecule has 0 spiro atoms. The van der Waals surface area contributed by atoms with Gasteiger partial charge in [0.2, 0.25) is 5.91 Å². The van der Waals surface area contributed by atoms with Crippen molar-refractivity contribution in [1.82, 2.24) is 4.98 Å². The van der Waals surface area contributed by atoms with Crippen LogP contribution in [0.15, 0.2) is 48.7 Å². The number of anilines is 1. The predicted molar refractivity (Wildman–Crippen MR) is 95.2 cm³/mol. The minimum absolute atomic E-state index is 0.136. The SMILES string of the molecule is Bc1ccc(NC(=O)/C=C/c2ccc(C(C)(C)C)cc2)nc1. The highest BCUT2D eigenvalue weighted by Crippen LogP contribution is 2.22. The van der Waals surface area contributed by atoms with Crippen LogP contribution in [-0.2, 0) is 10.2 Å². The lowest BCUT2D eigenvalue weighted by Gasteiger charge is -2.18. The number of benzene rings is 1. The second-order valence-electron chi connectivity index (χ2n) is 6.42. The van der Waals surface area contributed by atoms with Crippen LogP contribution in [0.4, 0.5) is 5.82 Å². The van der Waals surface area contributed by atoms with Gasteiger partial charge in [0.15, 0.2) is 0 Å². The van der Waals surface area contributed by atoms with Crippen LogP contribution in [0.1, 0.15) is 31.9 Å². The van der Waals surface area contributed by atoms with E-state index in [9.17, 15) is 4.79 Å². The first-order chi connectivity index (χ1) is 10.3. The van der Waals surface area contributed by atoms with E-state index in [1.165, 1.54) is 11.6 Å². The van der Waals surface area contributed by atoms with E-state index in [1.54, 1.807) is 18.3 Å². The summed E-state index contributed by atoms with van der Waals surface area (Å²) >= 11 is 0. The number of carbonyl (C=O) groups is 1. The van der Waals surface area contributed by atoms with Crippen LogP contribution in [0.25, 0.3) is 6.08 Å². The summed E-state index contributed by atoms with van der Waals surface area (Å²) in [7, 11) is 1.96. The lowest BCUT2D eigenvalue weighted by molar-refractivity contribution is -0.111. The topological polar surface area (TPSA) is 42.0 Å². The maximum absolute atomic E-state index is 11.9. The molecule has 22 heavy (non-hydrogen) atoms. The highest BCUT2D eigenvalue weighted by molar-refractivity contribution is 6.32. The minimum Gasteiger partial charge on any atom is -0.307 e. The summed E-state index contributed by atoms with van der Waals surface area (Å²) in [6.45, 7) is 6.54. The van der Waals surface area contributed by atoms with E-state index in [-0.39, 0.29) is 11.3 Å². The van der Waals surface area contributed by atoms with E-state index in [0.717, 1.165) is 11.0 Å². The molecule has 4 heteroatoms. The zero-order chi connectivity index (χ0) is 16.2. The van der Waals surface area contributed by atoms with Crippen LogP contribution in [0.2, 0.25) is 0 Å². The molecule has 1 N–H and O–H groups in total. The van der Waals surface area contributed by atoms with Gasteiger partial charge in [0.1, 0.15) is 13.7 Å². The summed E-state index contributed by atoms with van der Waals surface area (Å²) in [6, 6.07) is 11.9. The highest BCUT2D eigenvalue weighted by atomic mass is 16.1. The lowest BCUT2D eigenvalue weighted by atomic mass is 9.87. The molecular weight excluding hydrogens is 271 g/mol. The zero-order valence-electron chi connectivity index (χ0n) is 13.6. The third kappa shape index (κ3) is 4.59. The van der Waals surface area contributed by atoms with Gasteiger partial charge in [-0.2, -0.15) is 0 Å². The number of amides is 1. The summed E-state index contributed by atoms with van der Waals surface area (Å²) in [5, 5.41) is 2.74. The van der Waals surface area contributed by atoms with Gasteiger partial charge >= 0.3 is 0 Å². The average molecular weight is 292 g/mol. The molecule has 3 nitrogen and oxygen atoms in total. The third-order valence-electron chi connectivity index (χ3n) is 3.37. The molecular formula is C18H21BN2O. The molecule has 0 saturated heterocycles. The summed E-state index contributed by atoms with van der Waals surface area (Å²) in [4.78, 5) is 16.0. The van der Waals surface area contributed by atoms with Gasteiger partial charge in [-0.3, -0.25) is 4.79 Å². The quantitative estimate of drug-likeness (QED) is 0.696. The van der Waals surface area contributed by atoms with Crippen molar-refractivity contribution >= 4 is 31.1 Å². The number of hydrogen-bond acceptors (Lipinski definition) is 2. The van der Waals surface area contributed by atoms with Crippen molar-refractivity contribution in [3.05, 3.63) is 59.8 Å². The van der Waals surface area contributed by atoms with Gasteiger partial charge in [0.25, 0.3) is 0 Å². The van der Waals surface area contributed by atoms with E-state index >= 15 is 0 Å². The maximum Gasteiger partial charge on any atom is 0.249 e. The number of rotatable bonds is 3. The molecule has 2 aromatic rings. The van der Waals surface area contributed by atoms with E-state index in [2.05, 4.69) is 43.2 Å². The van der Waals surface area contributed by atoms with Gasteiger partial charge in [-0.25, -0.2) is 4.98 Å². The van der Waals surface area contributed by atoms with E-state index in [0.29, 0.717) is 5.82 Å². The Morgan fingerprint density at radius 3 is 2.36 bits per heavy atom. The van der Waals surface area contributed by atoms with Gasteiger partial charge in [0, 0.05) is 12.3 Å². The third-order valence-corrected chi connectivity index (χ3v) is 3.37. The molecule has 0 bridgehead atoms. The molecule has 112 valence electrons. The van der Waals surface area contributed by atoms with Crippen molar-refractivity contribution in [2.24, 2.45) is 0 Å². The Kier molecular flexibility index (Phi) is 4.81. The molecule has 1 aromatic heterocycles. The highest BCUT2D eigenvalue weighted by Gasteiger charge is 2.12. The number of pyridine rings is 1. The summed E-state index contributed by atoms with van der Waals surface area (Å²) < 4.78 is 0. The first kappa shape index (κ1) is 16.0. The monoisotopic (exact) mass is 292 g/mol. The van der Waals surface area contributed by atoms with Crippen molar-refractivity contribution < 1.29 is 4.79 Å². The van der Waals surface area contributed by atoms with Gasteiger partial charge < -0.3 is 5.32 Å². The molecule has 1 amide bonds. The van der Waals surface area contributed by atoms with Crippen LogP contribution in [-0.4, -0.2) is 18.7 Å². The molecule has 1 aromatic carbocycles. The first-order valence-electron chi connectivity index (χ1n) is 7.37. The molecule has 1 heterocycles. The Hall–Kier alpha value is -2.36. The van der Waals surface area contributed by atoms with Gasteiger partial charge in [0.05, 0.1) is 0 Å². The Bertz CT molecular complexity index is 668. The number of aromatic nitrogens is 1. The molecule has 2 rings (SSSR count). The van der Waals surface area contributed by atoms with Gasteiger partial charge in [-0.1, -0.05) is 56.6 Å². The molecule has 0 aliphatic carbocycles. The van der Waals surface area contributed by atoms with Crippen LogP contribution < -0.4 is 10.8 Å². The molecule has 0 radical (unpaired) electrons. The van der Waals surface area contributed by atoms with Crippen molar-refractivity contribution in [3.8, 4) is 0 Å². The van der Waals surface area contributed by atoms with Crippen molar-refractivity contribution in [3.63, 3.8) is 0 Å². The van der Waals surface area contributed by atoms with Crippen molar-refractivity contribution in [2.45, 2.75) is 26.2 Å². The van der Waals surface area contributed by atoms with Crippen LogP contribution in [0.3, 0.4) is 0 Å². The minimum atomic E-state index is -0.184. The maximum atomic E-state index is 11.9. The predicted octanol–water partition coefficient (Wildman–Crippen LogP) is 2.29. The molecule has 0 aliphatic heterocycles. The number of hydrogen-bond donors (Lipinski definition) is 1. The van der Waals surface area contributed by atoms with Crippen LogP contribution >= 0.6 is 0 Å². The molecule has 0 saturated carbocycles. The second-order valence-corrected chi connectivity index (χ2v) is 6.42. The lowest BCUT2D eigenvalue weighted by Crippen LogP contribution is -2.11. The fourth-order valence-corrected chi connectivity index (χ4v) is 1.98. The molecule has 0 unspecified atom stereocenters. The van der Waals surface area contributed by atoms with Crippen molar-refractivity contribution in [1.29, 1.82) is 0 Å². The average Bonchev–Trinajstić information content (AvgIpc) is 2.47.